The van der Waals surface area contributed by atoms with E-state index in [0.717, 1.165) is 77.0 Å². The van der Waals surface area contributed by atoms with E-state index in [-0.39, 0.29) is 31.6 Å². The number of ether oxygens (including phenoxy) is 3. The molecule has 0 aromatic heterocycles. The summed E-state index contributed by atoms with van der Waals surface area (Å²) in [6.07, 6.45) is 85.3. The Bertz CT molecular complexity index is 1450. The topological polar surface area (TPSA) is 78.9 Å². The van der Waals surface area contributed by atoms with Crippen molar-refractivity contribution in [2.75, 3.05) is 13.2 Å². The molecule has 0 saturated heterocycles. The van der Waals surface area contributed by atoms with Gasteiger partial charge in [-0.05, 0) is 77.0 Å². The zero-order valence-corrected chi connectivity index (χ0v) is 50.3. The fraction of sp³-hybridized carbons (Fsp3) is 0.757. The average Bonchev–Trinajstić information content (AvgIpc) is 3.42. The van der Waals surface area contributed by atoms with Crippen molar-refractivity contribution in [2.45, 2.75) is 329 Å². The third-order valence-electron chi connectivity index (χ3n) is 14.2. The number of esters is 3. The highest BCUT2D eigenvalue weighted by atomic mass is 16.6. The van der Waals surface area contributed by atoms with Crippen LogP contribution in [0.15, 0.2) is 85.1 Å². The van der Waals surface area contributed by atoms with Crippen LogP contribution in [0, 0.1) is 0 Å². The number of rotatable bonds is 59. The van der Waals surface area contributed by atoms with Gasteiger partial charge in [-0.3, -0.25) is 14.4 Å². The Kier molecular flexibility index (Phi) is 61.2. The molecule has 76 heavy (non-hydrogen) atoms. The molecule has 0 fully saturated rings. The lowest BCUT2D eigenvalue weighted by atomic mass is 10.0. The maximum atomic E-state index is 12.8. The number of carbonyl (C=O) groups excluding carboxylic acids is 3. The summed E-state index contributed by atoms with van der Waals surface area (Å²) in [6, 6.07) is 0. The van der Waals surface area contributed by atoms with Crippen LogP contribution in [0.25, 0.3) is 0 Å². The first-order valence-electron chi connectivity index (χ1n) is 32.6. The summed E-state index contributed by atoms with van der Waals surface area (Å²) in [4.78, 5) is 38.0. The van der Waals surface area contributed by atoms with Gasteiger partial charge in [-0.1, -0.05) is 311 Å². The van der Waals surface area contributed by atoms with Crippen molar-refractivity contribution < 1.29 is 28.6 Å². The molecule has 0 bridgehead atoms. The third-order valence-corrected chi connectivity index (χ3v) is 14.2. The van der Waals surface area contributed by atoms with E-state index in [0.29, 0.717) is 12.8 Å². The number of unbranched alkanes of at least 4 members (excludes halogenated alkanes) is 35. The van der Waals surface area contributed by atoms with Gasteiger partial charge in [0.2, 0.25) is 0 Å². The van der Waals surface area contributed by atoms with Gasteiger partial charge in [0.1, 0.15) is 13.2 Å². The summed E-state index contributed by atoms with van der Waals surface area (Å²) in [5.74, 6) is -1.04. The molecule has 6 nitrogen and oxygen atoms in total. The van der Waals surface area contributed by atoms with Crippen LogP contribution in [0.1, 0.15) is 323 Å². The number of hydrogen-bond donors (Lipinski definition) is 0. The van der Waals surface area contributed by atoms with E-state index in [1.54, 1.807) is 6.08 Å². The molecule has 0 saturated carbocycles. The Morgan fingerprint density at radius 1 is 0.289 bits per heavy atom. The highest BCUT2D eigenvalue weighted by Crippen LogP contribution is 2.17. The summed E-state index contributed by atoms with van der Waals surface area (Å²) < 4.78 is 16.7. The molecule has 0 aromatic carbocycles. The zero-order chi connectivity index (χ0) is 55.0. The van der Waals surface area contributed by atoms with Gasteiger partial charge in [-0.25, -0.2) is 0 Å². The van der Waals surface area contributed by atoms with Crippen LogP contribution in [0.3, 0.4) is 0 Å². The van der Waals surface area contributed by atoms with Gasteiger partial charge in [-0.15, -0.1) is 0 Å². The summed E-state index contributed by atoms with van der Waals surface area (Å²) in [5, 5.41) is 0. The molecule has 438 valence electrons. The Labute approximate surface area is 471 Å². The third kappa shape index (κ3) is 61.4. The Morgan fingerprint density at radius 3 is 0.868 bits per heavy atom. The van der Waals surface area contributed by atoms with Crippen molar-refractivity contribution in [3.63, 3.8) is 0 Å². The molecule has 0 N–H and O–H groups in total. The van der Waals surface area contributed by atoms with Gasteiger partial charge < -0.3 is 14.2 Å². The molecule has 6 heteroatoms. The van der Waals surface area contributed by atoms with Crippen LogP contribution >= 0.6 is 0 Å². The highest BCUT2D eigenvalue weighted by Gasteiger charge is 2.19. The zero-order valence-electron chi connectivity index (χ0n) is 50.3. The Morgan fingerprint density at radius 2 is 0.553 bits per heavy atom. The molecule has 0 radical (unpaired) electrons. The lowest BCUT2D eigenvalue weighted by molar-refractivity contribution is -0.166. The molecule has 0 amide bonds. The van der Waals surface area contributed by atoms with Crippen molar-refractivity contribution in [3.05, 3.63) is 85.1 Å². The highest BCUT2D eigenvalue weighted by molar-refractivity contribution is 5.72. The first-order chi connectivity index (χ1) is 37.5. The van der Waals surface area contributed by atoms with E-state index < -0.39 is 12.1 Å². The van der Waals surface area contributed by atoms with Crippen molar-refractivity contribution in [1.29, 1.82) is 0 Å². The Balaban J connectivity index is 4.02. The minimum absolute atomic E-state index is 0.0995. The molecule has 0 rings (SSSR count). The minimum atomic E-state index is -0.826. The number of allylic oxidation sites excluding steroid dienone is 13. The molecule has 0 aliphatic rings. The van der Waals surface area contributed by atoms with Gasteiger partial charge in [-0.2, -0.15) is 0 Å². The first kappa shape index (κ1) is 72.6. The molecule has 1 atom stereocenters. The van der Waals surface area contributed by atoms with E-state index in [4.69, 9.17) is 14.2 Å². The van der Waals surface area contributed by atoms with Gasteiger partial charge in [0, 0.05) is 12.8 Å². The van der Waals surface area contributed by atoms with E-state index in [1.165, 1.54) is 205 Å². The van der Waals surface area contributed by atoms with E-state index >= 15 is 0 Å². The van der Waals surface area contributed by atoms with Crippen LogP contribution in [-0.2, 0) is 28.6 Å². The second-order valence-electron chi connectivity index (χ2n) is 21.7. The summed E-state index contributed by atoms with van der Waals surface area (Å²) >= 11 is 0. The number of hydrogen-bond acceptors (Lipinski definition) is 6. The standard InChI is InChI=1S/C70H122O6/c1-4-7-10-13-16-19-21-23-25-26-27-28-29-30-31-32-33-34-35-36-37-38-39-40-41-42-43-44-46-47-49-51-54-57-60-63-69(72)75-66-67(65-74-68(71)62-59-56-53-18-15-12-9-6-3)76-70(73)64-61-58-55-52-50-48-45-24-22-20-17-14-11-8-5-2/h8,11,17,20-21,23-24,26-27,45,50,52,58,61,67H,4-7,9-10,12-16,18-19,22,25,28-44,46-49,51,53-57,59-60,62-66H2,1-3H3/b11-8-,20-17-,23-21-,27-26-,45-24-,52-50-,61-58-. The second-order valence-corrected chi connectivity index (χ2v) is 21.7. The Hall–Kier alpha value is -3.41. The number of carbonyl (C=O) groups is 3. The summed E-state index contributed by atoms with van der Waals surface area (Å²) in [5.41, 5.74) is 0. The van der Waals surface area contributed by atoms with Gasteiger partial charge in [0.05, 0.1) is 6.42 Å². The minimum Gasteiger partial charge on any atom is -0.462 e. The average molecular weight is 1060 g/mol. The van der Waals surface area contributed by atoms with Gasteiger partial charge in [0.25, 0.3) is 0 Å². The van der Waals surface area contributed by atoms with E-state index in [2.05, 4.69) is 93.7 Å². The van der Waals surface area contributed by atoms with Crippen molar-refractivity contribution in [1.82, 2.24) is 0 Å². The van der Waals surface area contributed by atoms with E-state index in [1.807, 2.05) is 6.08 Å². The monoisotopic (exact) mass is 1060 g/mol. The van der Waals surface area contributed by atoms with Gasteiger partial charge >= 0.3 is 17.9 Å². The van der Waals surface area contributed by atoms with Crippen LogP contribution in [0.4, 0.5) is 0 Å². The maximum Gasteiger partial charge on any atom is 0.310 e. The van der Waals surface area contributed by atoms with Crippen LogP contribution in [0.2, 0.25) is 0 Å². The predicted molar refractivity (Wildman–Crippen MR) is 330 cm³/mol. The SMILES string of the molecule is CC/C=C\C/C=C\C/C=C\C/C=C\C/C=C\CC(=O)OC(COC(=O)CCCCCCCCCC)COC(=O)CCCCCCCCCCCCCCCCCCCCCCCCC/C=C\C/C=C\CCCCCCC. The van der Waals surface area contributed by atoms with Gasteiger partial charge in [0.15, 0.2) is 6.10 Å². The molecule has 0 aliphatic heterocycles. The van der Waals surface area contributed by atoms with Crippen molar-refractivity contribution >= 4 is 17.9 Å². The normalized spacial score (nSPS) is 12.6. The van der Waals surface area contributed by atoms with Crippen LogP contribution in [-0.4, -0.2) is 37.2 Å². The lowest BCUT2D eigenvalue weighted by Gasteiger charge is -2.18. The second kappa shape index (κ2) is 64.1. The summed E-state index contributed by atoms with van der Waals surface area (Å²) in [7, 11) is 0. The lowest BCUT2D eigenvalue weighted by Crippen LogP contribution is -2.30. The van der Waals surface area contributed by atoms with E-state index in [9.17, 15) is 14.4 Å². The smallest absolute Gasteiger partial charge is 0.310 e. The van der Waals surface area contributed by atoms with Crippen LogP contribution in [0.5, 0.6) is 0 Å². The quantitative estimate of drug-likeness (QED) is 0.0261. The first-order valence-corrected chi connectivity index (χ1v) is 32.6. The molecule has 0 aliphatic carbocycles. The fourth-order valence-electron chi connectivity index (χ4n) is 9.32. The molecule has 0 heterocycles. The molecule has 0 aromatic rings. The molecular weight excluding hydrogens is 937 g/mol. The molecule has 1 unspecified atom stereocenters. The maximum absolute atomic E-state index is 12.8. The fourth-order valence-corrected chi connectivity index (χ4v) is 9.32. The van der Waals surface area contributed by atoms with Crippen molar-refractivity contribution in [3.8, 4) is 0 Å². The largest absolute Gasteiger partial charge is 0.462 e. The predicted octanol–water partition coefficient (Wildman–Crippen LogP) is 22.3. The molecule has 0 spiro atoms. The van der Waals surface area contributed by atoms with Crippen LogP contribution < -0.4 is 0 Å². The summed E-state index contributed by atoms with van der Waals surface area (Å²) in [6.45, 7) is 6.42. The molecular formula is C70H122O6. The van der Waals surface area contributed by atoms with Crippen molar-refractivity contribution in [2.24, 2.45) is 0 Å².